The average Bonchev–Trinajstić information content (AvgIpc) is 3.29. The molecule has 0 aliphatic carbocycles. The molecule has 5 nitrogen and oxygen atoms in total. The van der Waals surface area contributed by atoms with E-state index in [9.17, 15) is 4.79 Å². The zero-order chi connectivity index (χ0) is 18.8. The van der Waals surface area contributed by atoms with Crippen LogP contribution in [-0.2, 0) is 9.53 Å². The molecule has 0 spiro atoms. The minimum Gasteiger partial charge on any atom is -0.497 e. The maximum atomic E-state index is 12.1. The number of furan rings is 1. The summed E-state index contributed by atoms with van der Waals surface area (Å²) >= 11 is 6.01. The average molecular weight is 380 g/mol. The Morgan fingerprint density at radius 3 is 2.59 bits per heavy atom. The van der Waals surface area contributed by atoms with Crippen molar-refractivity contribution in [2.24, 2.45) is 4.99 Å². The number of nitrogens with zero attached hydrogens (tertiary/aromatic N) is 1. The zero-order valence-electron chi connectivity index (χ0n) is 14.3. The summed E-state index contributed by atoms with van der Waals surface area (Å²) in [7, 11) is 1.59. The van der Waals surface area contributed by atoms with Crippen molar-refractivity contribution in [2.45, 2.75) is 0 Å². The molecule has 0 unspecified atom stereocenters. The number of carbonyl (C=O) groups is 1. The topological polar surface area (TPSA) is 61.0 Å². The molecule has 1 aromatic heterocycles. The number of methoxy groups -OCH3 is 1. The second-order valence-electron chi connectivity index (χ2n) is 5.78. The Morgan fingerprint density at radius 1 is 1.04 bits per heavy atom. The Balaban J connectivity index is 1.60. The van der Waals surface area contributed by atoms with Crippen molar-refractivity contribution in [1.82, 2.24) is 0 Å². The Labute approximate surface area is 160 Å². The summed E-state index contributed by atoms with van der Waals surface area (Å²) in [4.78, 5) is 16.4. The third kappa shape index (κ3) is 3.64. The van der Waals surface area contributed by atoms with Gasteiger partial charge in [0.15, 0.2) is 5.70 Å². The maximum absolute atomic E-state index is 12.1. The molecule has 0 radical (unpaired) electrons. The largest absolute Gasteiger partial charge is 0.497 e. The van der Waals surface area contributed by atoms with Crippen LogP contribution in [0.1, 0.15) is 11.3 Å². The minimum atomic E-state index is -0.526. The summed E-state index contributed by atoms with van der Waals surface area (Å²) in [6, 6.07) is 18.0. The zero-order valence-corrected chi connectivity index (χ0v) is 15.1. The number of hydrogen-bond donors (Lipinski definition) is 0. The first-order valence-corrected chi connectivity index (χ1v) is 8.53. The van der Waals surface area contributed by atoms with Crippen molar-refractivity contribution in [2.75, 3.05) is 7.11 Å². The molecule has 0 N–H and O–H groups in total. The van der Waals surface area contributed by atoms with Gasteiger partial charge in [-0.25, -0.2) is 9.79 Å². The summed E-state index contributed by atoms with van der Waals surface area (Å²) in [5.41, 5.74) is 1.71. The van der Waals surface area contributed by atoms with Crippen LogP contribution in [0, 0.1) is 0 Å². The summed E-state index contributed by atoms with van der Waals surface area (Å²) in [6.45, 7) is 0. The van der Waals surface area contributed by atoms with E-state index in [4.69, 9.17) is 25.5 Å². The number of esters is 1. The van der Waals surface area contributed by atoms with E-state index in [2.05, 4.69) is 4.99 Å². The highest BCUT2D eigenvalue weighted by atomic mass is 35.5. The molecule has 134 valence electrons. The smallest absolute Gasteiger partial charge is 0.363 e. The van der Waals surface area contributed by atoms with Gasteiger partial charge in [0.25, 0.3) is 0 Å². The third-order valence-electron chi connectivity index (χ3n) is 3.97. The third-order valence-corrected chi connectivity index (χ3v) is 4.21. The Kier molecular flexibility index (Phi) is 4.52. The molecule has 0 saturated heterocycles. The van der Waals surface area contributed by atoms with Gasteiger partial charge in [-0.3, -0.25) is 0 Å². The minimum absolute atomic E-state index is 0.174. The van der Waals surface area contributed by atoms with E-state index in [1.807, 2.05) is 18.2 Å². The lowest BCUT2D eigenvalue weighted by Crippen LogP contribution is -2.05. The van der Waals surface area contributed by atoms with E-state index < -0.39 is 5.97 Å². The number of ether oxygens (including phenoxy) is 2. The highest BCUT2D eigenvalue weighted by molar-refractivity contribution is 6.30. The van der Waals surface area contributed by atoms with Crippen molar-refractivity contribution in [3.05, 3.63) is 82.7 Å². The van der Waals surface area contributed by atoms with Gasteiger partial charge in [-0.15, -0.1) is 0 Å². The fourth-order valence-corrected chi connectivity index (χ4v) is 2.82. The lowest BCUT2D eigenvalue weighted by Gasteiger charge is -2.01. The van der Waals surface area contributed by atoms with Gasteiger partial charge in [0.1, 0.15) is 17.3 Å². The monoisotopic (exact) mass is 379 g/mol. The molecule has 0 fully saturated rings. The highest BCUT2D eigenvalue weighted by Gasteiger charge is 2.24. The molecule has 0 saturated carbocycles. The molecule has 3 aromatic rings. The van der Waals surface area contributed by atoms with Crippen LogP contribution >= 0.6 is 11.6 Å². The van der Waals surface area contributed by atoms with E-state index in [1.165, 1.54) is 0 Å². The number of halogens is 1. The lowest BCUT2D eigenvalue weighted by molar-refractivity contribution is -0.129. The first-order valence-electron chi connectivity index (χ1n) is 8.15. The molecular weight excluding hydrogens is 366 g/mol. The molecule has 4 rings (SSSR count). The molecule has 6 heteroatoms. The predicted octanol–water partition coefficient (Wildman–Crippen LogP) is 4.95. The van der Waals surface area contributed by atoms with Crippen molar-refractivity contribution >= 4 is 29.5 Å². The Morgan fingerprint density at radius 2 is 1.85 bits per heavy atom. The summed E-state index contributed by atoms with van der Waals surface area (Å²) < 4.78 is 16.2. The van der Waals surface area contributed by atoms with Crippen molar-refractivity contribution in [3.8, 4) is 17.1 Å². The molecular formula is C21H14ClNO4. The summed E-state index contributed by atoms with van der Waals surface area (Å²) in [5.74, 6) is 1.58. The van der Waals surface area contributed by atoms with Crippen molar-refractivity contribution < 1.29 is 18.7 Å². The normalized spacial score (nSPS) is 15.0. The van der Waals surface area contributed by atoms with E-state index in [0.29, 0.717) is 27.9 Å². The van der Waals surface area contributed by atoms with E-state index >= 15 is 0 Å². The van der Waals surface area contributed by atoms with Crippen LogP contribution in [0.25, 0.3) is 17.4 Å². The standard InChI is InChI=1S/C21H14ClNO4/c1-25-16-7-5-13(6-8-16)20-23-18(21(24)27-20)12-17-9-10-19(26-17)14-3-2-4-15(22)11-14/h2-12H,1H3. The van der Waals surface area contributed by atoms with Crippen LogP contribution in [0.3, 0.4) is 0 Å². The predicted molar refractivity (Wildman–Crippen MR) is 103 cm³/mol. The number of benzene rings is 2. The number of cyclic esters (lactones) is 1. The van der Waals surface area contributed by atoms with Crippen molar-refractivity contribution in [3.63, 3.8) is 0 Å². The van der Waals surface area contributed by atoms with E-state index in [0.717, 1.165) is 5.56 Å². The number of rotatable bonds is 4. The van der Waals surface area contributed by atoms with Crippen molar-refractivity contribution in [1.29, 1.82) is 0 Å². The molecule has 1 aliphatic heterocycles. The number of aliphatic imine (C=N–C) groups is 1. The second kappa shape index (κ2) is 7.13. The van der Waals surface area contributed by atoms with Gasteiger partial charge in [-0.2, -0.15) is 0 Å². The van der Waals surface area contributed by atoms with Crippen LogP contribution in [0.4, 0.5) is 0 Å². The maximum Gasteiger partial charge on any atom is 0.363 e. The number of hydrogen-bond acceptors (Lipinski definition) is 5. The van der Waals surface area contributed by atoms with Gasteiger partial charge in [0.2, 0.25) is 5.90 Å². The molecule has 1 aliphatic rings. The second-order valence-corrected chi connectivity index (χ2v) is 6.21. The lowest BCUT2D eigenvalue weighted by atomic mass is 10.2. The van der Waals surface area contributed by atoms with Crippen LogP contribution < -0.4 is 4.74 Å². The van der Waals surface area contributed by atoms with Gasteiger partial charge in [0.05, 0.1) is 7.11 Å². The van der Waals surface area contributed by atoms with Gasteiger partial charge < -0.3 is 13.9 Å². The molecule has 0 bridgehead atoms. The van der Waals surface area contributed by atoms with Gasteiger partial charge in [-0.05, 0) is 48.5 Å². The first kappa shape index (κ1) is 17.1. The van der Waals surface area contributed by atoms with Gasteiger partial charge in [-0.1, -0.05) is 23.7 Å². The first-order chi connectivity index (χ1) is 13.1. The van der Waals surface area contributed by atoms with Crippen LogP contribution in [-0.4, -0.2) is 19.0 Å². The van der Waals surface area contributed by atoms with Crippen LogP contribution in [0.5, 0.6) is 5.75 Å². The molecule has 2 aromatic carbocycles. The van der Waals surface area contributed by atoms with Crippen LogP contribution in [0.15, 0.2) is 75.8 Å². The Hall–Kier alpha value is -3.31. The van der Waals surface area contributed by atoms with Gasteiger partial charge in [0, 0.05) is 22.2 Å². The van der Waals surface area contributed by atoms with Gasteiger partial charge >= 0.3 is 5.97 Å². The summed E-state index contributed by atoms with van der Waals surface area (Å²) in [5, 5.41) is 0.622. The fourth-order valence-electron chi connectivity index (χ4n) is 2.63. The fraction of sp³-hybridized carbons (Fsp3) is 0.0476. The van der Waals surface area contributed by atoms with Crippen LogP contribution in [0.2, 0.25) is 5.02 Å². The quantitative estimate of drug-likeness (QED) is 0.475. The van der Waals surface area contributed by atoms with E-state index in [-0.39, 0.29) is 11.6 Å². The Bertz CT molecular complexity index is 1060. The van der Waals surface area contributed by atoms with E-state index in [1.54, 1.807) is 55.7 Å². The summed E-state index contributed by atoms with van der Waals surface area (Å²) in [6.07, 6.45) is 1.55. The number of carbonyl (C=O) groups excluding carboxylic acids is 1. The molecule has 2 heterocycles. The molecule has 0 atom stereocenters. The molecule has 27 heavy (non-hydrogen) atoms. The molecule has 0 amide bonds. The SMILES string of the molecule is COc1ccc(C2=NC(=Cc3ccc(-c4cccc(Cl)c4)o3)C(=O)O2)cc1. The highest BCUT2D eigenvalue weighted by Crippen LogP contribution is 2.27.